The van der Waals surface area contributed by atoms with Gasteiger partial charge in [0.05, 0.1) is 18.2 Å². The van der Waals surface area contributed by atoms with Crippen molar-refractivity contribution in [3.63, 3.8) is 0 Å². The molecule has 1 aromatic heterocycles. The summed E-state index contributed by atoms with van der Waals surface area (Å²) in [6.45, 7) is -1.23. The van der Waals surface area contributed by atoms with E-state index in [1.54, 1.807) is 54.3 Å². The van der Waals surface area contributed by atoms with Crippen LogP contribution in [-0.4, -0.2) is 32.1 Å². The fourth-order valence-corrected chi connectivity index (χ4v) is 4.10. The van der Waals surface area contributed by atoms with Crippen molar-refractivity contribution in [3.8, 4) is 11.8 Å². The van der Waals surface area contributed by atoms with Crippen LogP contribution in [0, 0.1) is 18.3 Å². The van der Waals surface area contributed by atoms with E-state index in [2.05, 4.69) is 15.0 Å². The van der Waals surface area contributed by atoms with Gasteiger partial charge in [-0.05, 0) is 37.3 Å². The Bertz CT molecular complexity index is 1200. The molecule has 8 nitrogen and oxygen atoms in total. The molecule has 1 unspecified atom stereocenters. The number of benzene rings is 2. The van der Waals surface area contributed by atoms with Crippen LogP contribution in [0.15, 0.2) is 48.5 Å². The molecule has 0 bridgehead atoms. The van der Waals surface area contributed by atoms with Crippen molar-refractivity contribution in [2.75, 3.05) is 10.8 Å². The number of halogens is 2. The van der Waals surface area contributed by atoms with E-state index in [4.69, 9.17) is 9.81 Å². The number of anilines is 2. The van der Waals surface area contributed by atoms with Crippen molar-refractivity contribution < 1.29 is 27.1 Å². The average Bonchev–Trinajstić information content (AvgIpc) is 3.18. The van der Waals surface area contributed by atoms with Crippen LogP contribution in [0.5, 0.6) is 5.75 Å². The topological polar surface area (TPSA) is 116 Å². The molecule has 0 aliphatic carbocycles. The number of thiazole rings is 1. The summed E-state index contributed by atoms with van der Waals surface area (Å²) in [6, 6.07) is 14.9. The molecule has 172 valence electrons. The number of carbonyl (C=O) groups is 1. The number of amides is 1. The third kappa shape index (κ3) is 6.32. The van der Waals surface area contributed by atoms with Gasteiger partial charge in [-0.15, -0.1) is 11.3 Å². The van der Waals surface area contributed by atoms with E-state index in [0.29, 0.717) is 26.8 Å². The molecule has 2 N–H and O–H groups in total. The van der Waals surface area contributed by atoms with Crippen LogP contribution >= 0.6 is 11.3 Å². The lowest BCUT2D eigenvalue weighted by Gasteiger charge is -2.23. The molecule has 0 saturated carbocycles. The second-order valence-electron chi connectivity index (χ2n) is 6.60. The molecule has 3 rings (SSSR count). The van der Waals surface area contributed by atoms with E-state index >= 15 is 0 Å². The second-order valence-corrected chi connectivity index (χ2v) is 8.72. The average molecular weight is 493 g/mol. The molecule has 0 saturated heterocycles. The van der Waals surface area contributed by atoms with Crippen LogP contribution in [0.1, 0.15) is 26.5 Å². The summed E-state index contributed by atoms with van der Waals surface area (Å²) in [6.07, 6.45) is 0. The quantitative estimate of drug-likeness (QED) is 0.431. The van der Waals surface area contributed by atoms with Gasteiger partial charge in [0.1, 0.15) is 17.3 Å². The van der Waals surface area contributed by atoms with E-state index < -0.39 is 29.5 Å². The maximum Gasteiger partial charge on any atom is 0.387 e. The fraction of sp³-hybridized carbons (Fsp3) is 0.190. The van der Waals surface area contributed by atoms with Crippen molar-refractivity contribution in [2.45, 2.75) is 20.1 Å². The van der Waals surface area contributed by atoms with Gasteiger partial charge >= 0.3 is 6.61 Å². The zero-order chi connectivity index (χ0) is 24.0. The largest absolute Gasteiger partial charge is 0.434 e. The summed E-state index contributed by atoms with van der Waals surface area (Å²) in [5.41, 5.74) is 1.58. The normalized spacial score (nSPS) is 11.6. The summed E-state index contributed by atoms with van der Waals surface area (Å²) in [7, 11) is 0. The highest BCUT2D eigenvalue weighted by atomic mass is 32.2. The molecular weight excluding hydrogens is 474 g/mol. The number of rotatable bonds is 9. The van der Waals surface area contributed by atoms with Crippen LogP contribution in [0.25, 0.3) is 0 Å². The number of aryl methyl sites for hydroxylation is 1. The standard InChI is InChI=1S/C21H18F2N4O4S2/c1-13-18(19(28)25-12-33(29)30)26-21(32-13)27(16-8-6-14(10-24)7-9-16)11-15-4-2-3-5-17(15)31-20(22)23/h2-9,20H,11-12H2,1H3,(H,25,28)(H,29,30). The SMILES string of the molecule is Cc1sc(N(Cc2ccccc2OC(F)F)c2ccc(C#N)cc2)nc1C(=O)NCS(=O)O. The van der Waals surface area contributed by atoms with Gasteiger partial charge in [-0.1, -0.05) is 18.2 Å². The highest BCUT2D eigenvalue weighted by Gasteiger charge is 2.22. The van der Waals surface area contributed by atoms with E-state index in [0.717, 1.165) is 0 Å². The lowest BCUT2D eigenvalue weighted by atomic mass is 10.1. The van der Waals surface area contributed by atoms with Crippen LogP contribution < -0.4 is 15.0 Å². The van der Waals surface area contributed by atoms with E-state index in [9.17, 15) is 17.8 Å². The fourth-order valence-electron chi connectivity index (χ4n) is 2.92. The Kier molecular flexibility index (Phi) is 8.05. The van der Waals surface area contributed by atoms with Crippen molar-refractivity contribution in [1.82, 2.24) is 10.3 Å². The zero-order valence-corrected chi connectivity index (χ0v) is 18.8. The van der Waals surface area contributed by atoms with Crippen LogP contribution in [0.3, 0.4) is 0 Å². The zero-order valence-electron chi connectivity index (χ0n) is 17.2. The highest BCUT2D eigenvalue weighted by molar-refractivity contribution is 7.79. The lowest BCUT2D eigenvalue weighted by molar-refractivity contribution is -0.0504. The third-order valence-electron chi connectivity index (χ3n) is 4.41. The second kappa shape index (κ2) is 11.0. The number of hydrogen-bond donors (Lipinski definition) is 2. The summed E-state index contributed by atoms with van der Waals surface area (Å²) < 4.78 is 50.2. The van der Waals surface area contributed by atoms with Crippen LogP contribution in [-0.2, 0) is 17.6 Å². The third-order valence-corrected chi connectivity index (χ3v) is 5.80. The number of hydrogen-bond acceptors (Lipinski definition) is 7. The minimum Gasteiger partial charge on any atom is -0.434 e. The molecule has 12 heteroatoms. The molecule has 0 aliphatic rings. The molecule has 3 aromatic rings. The first-order valence-corrected chi connectivity index (χ1v) is 11.5. The van der Waals surface area contributed by atoms with Crippen molar-refractivity contribution >= 4 is 39.1 Å². The van der Waals surface area contributed by atoms with Crippen LogP contribution in [0.2, 0.25) is 0 Å². The molecule has 1 heterocycles. The molecular formula is C21H18F2N4O4S2. The first kappa shape index (κ1) is 24.2. The van der Waals surface area contributed by atoms with Crippen molar-refractivity contribution in [3.05, 3.63) is 70.2 Å². The van der Waals surface area contributed by atoms with Gasteiger partial charge in [-0.2, -0.15) is 14.0 Å². The molecule has 1 amide bonds. The van der Waals surface area contributed by atoms with Gasteiger partial charge < -0.3 is 19.5 Å². The monoisotopic (exact) mass is 492 g/mol. The Morgan fingerprint density at radius 1 is 1.30 bits per heavy atom. The van der Waals surface area contributed by atoms with Crippen molar-refractivity contribution in [2.24, 2.45) is 0 Å². The Morgan fingerprint density at radius 2 is 2.00 bits per heavy atom. The number of para-hydroxylation sites is 1. The lowest BCUT2D eigenvalue weighted by Crippen LogP contribution is -2.27. The molecule has 0 radical (unpaired) electrons. The number of ether oxygens (including phenoxy) is 1. The van der Waals surface area contributed by atoms with E-state index in [-0.39, 0.29) is 18.0 Å². The number of carbonyl (C=O) groups excluding carboxylic acids is 1. The number of aromatic nitrogens is 1. The Hall–Kier alpha value is -3.40. The minimum absolute atomic E-state index is 0.00261. The Balaban J connectivity index is 2.00. The predicted molar refractivity (Wildman–Crippen MR) is 120 cm³/mol. The van der Waals surface area contributed by atoms with Gasteiger partial charge in [-0.3, -0.25) is 4.79 Å². The molecule has 33 heavy (non-hydrogen) atoms. The number of nitriles is 1. The predicted octanol–water partition coefficient (Wildman–Crippen LogP) is 4.17. The Morgan fingerprint density at radius 3 is 2.64 bits per heavy atom. The maximum absolute atomic E-state index is 12.9. The van der Waals surface area contributed by atoms with Gasteiger partial charge in [0.25, 0.3) is 5.91 Å². The molecule has 2 aromatic carbocycles. The summed E-state index contributed by atoms with van der Waals surface area (Å²) >= 11 is -1.01. The molecule has 0 spiro atoms. The summed E-state index contributed by atoms with van der Waals surface area (Å²) in [5.74, 6) is -1.05. The minimum atomic E-state index is -3.00. The highest BCUT2D eigenvalue weighted by Crippen LogP contribution is 2.35. The van der Waals surface area contributed by atoms with Crippen LogP contribution in [0.4, 0.5) is 19.6 Å². The van der Waals surface area contributed by atoms with Crippen molar-refractivity contribution in [1.29, 1.82) is 5.26 Å². The molecule has 1 atom stereocenters. The van der Waals surface area contributed by atoms with E-state index in [1.807, 2.05) is 6.07 Å². The first-order chi connectivity index (χ1) is 15.8. The maximum atomic E-state index is 12.9. The van der Waals surface area contributed by atoms with E-state index in [1.165, 1.54) is 17.4 Å². The summed E-state index contributed by atoms with van der Waals surface area (Å²) in [4.78, 5) is 19.0. The van der Waals surface area contributed by atoms with Gasteiger partial charge in [0.15, 0.2) is 16.2 Å². The summed E-state index contributed by atoms with van der Waals surface area (Å²) in [5, 5.41) is 11.8. The first-order valence-electron chi connectivity index (χ1n) is 9.42. The van der Waals surface area contributed by atoms with Gasteiger partial charge in [0.2, 0.25) is 0 Å². The number of nitrogens with one attached hydrogen (secondary N) is 1. The smallest absolute Gasteiger partial charge is 0.387 e. The molecule has 0 fully saturated rings. The number of alkyl halides is 2. The molecule has 0 aliphatic heterocycles. The van der Waals surface area contributed by atoms with Gasteiger partial charge in [-0.25, -0.2) is 9.19 Å². The Labute approximate surface area is 194 Å². The number of nitrogens with zero attached hydrogens (tertiary/aromatic N) is 3. The van der Waals surface area contributed by atoms with Gasteiger partial charge in [0, 0.05) is 16.1 Å².